The molecular weight excluding hydrogens is 234 g/mol. The van der Waals surface area contributed by atoms with Gasteiger partial charge in [0.25, 0.3) is 0 Å². The first-order chi connectivity index (χ1) is 9.33. The molecule has 19 heavy (non-hydrogen) atoms. The summed E-state index contributed by atoms with van der Waals surface area (Å²) in [4.78, 5) is 0. The Morgan fingerprint density at radius 1 is 0.947 bits per heavy atom. The van der Waals surface area contributed by atoms with Crippen LogP contribution < -0.4 is 10.5 Å². The second-order valence-electron chi connectivity index (χ2n) is 4.66. The highest BCUT2D eigenvalue weighted by molar-refractivity contribution is 5.29. The van der Waals surface area contributed by atoms with Gasteiger partial charge in [-0.25, -0.2) is 0 Å². The number of hydrogen-bond donors (Lipinski definition) is 1. The summed E-state index contributed by atoms with van der Waals surface area (Å²) in [5.74, 6) is 0.909. The van der Waals surface area contributed by atoms with Gasteiger partial charge in [-0.3, -0.25) is 0 Å². The molecule has 2 aromatic rings. The Morgan fingerprint density at radius 2 is 1.63 bits per heavy atom. The van der Waals surface area contributed by atoms with Gasteiger partial charge in [0, 0.05) is 6.54 Å². The molecule has 2 aromatic carbocycles. The van der Waals surface area contributed by atoms with Gasteiger partial charge in [-0.2, -0.15) is 0 Å². The van der Waals surface area contributed by atoms with Gasteiger partial charge >= 0.3 is 0 Å². The van der Waals surface area contributed by atoms with Gasteiger partial charge < -0.3 is 10.5 Å². The lowest BCUT2D eigenvalue weighted by molar-refractivity contribution is 0.305. The lowest BCUT2D eigenvalue weighted by Gasteiger charge is -2.10. The molecule has 0 aliphatic carbocycles. The predicted molar refractivity (Wildman–Crippen MR) is 79.1 cm³/mol. The topological polar surface area (TPSA) is 35.2 Å². The lowest BCUT2D eigenvalue weighted by Crippen LogP contribution is -2.04. The molecular formula is C17H21NO. The van der Waals surface area contributed by atoms with E-state index in [2.05, 4.69) is 25.1 Å². The van der Waals surface area contributed by atoms with Crippen molar-refractivity contribution in [2.45, 2.75) is 32.9 Å². The van der Waals surface area contributed by atoms with Crippen molar-refractivity contribution in [3.05, 3.63) is 65.2 Å². The summed E-state index contributed by atoms with van der Waals surface area (Å²) >= 11 is 0. The van der Waals surface area contributed by atoms with Crippen molar-refractivity contribution in [1.29, 1.82) is 0 Å². The van der Waals surface area contributed by atoms with E-state index in [-0.39, 0.29) is 0 Å². The summed E-state index contributed by atoms with van der Waals surface area (Å²) in [5, 5.41) is 0. The molecule has 0 radical (unpaired) electrons. The zero-order valence-electron chi connectivity index (χ0n) is 11.4. The second kappa shape index (κ2) is 6.95. The molecule has 0 fully saturated rings. The van der Waals surface area contributed by atoms with Crippen LogP contribution in [0.2, 0.25) is 0 Å². The Balaban J connectivity index is 1.98. The SMILES string of the molecule is CCCc1ccc(OCc2ccccc2CN)cc1. The third-order valence-electron chi connectivity index (χ3n) is 3.19. The fraction of sp³-hybridized carbons (Fsp3) is 0.294. The van der Waals surface area contributed by atoms with Crippen LogP contribution >= 0.6 is 0 Å². The summed E-state index contributed by atoms with van der Waals surface area (Å²) < 4.78 is 5.81. The largest absolute Gasteiger partial charge is 0.489 e. The standard InChI is InChI=1S/C17H21NO/c1-2-5-14-8-10-17(11-9-14)19-13-16-7-4-3-6-15(16)12-18/h3-4,6-11H,2,5,12-13,18H2,1H3. The first-order valence-corrected chi connectivity index (χ1v) is 6.82. The van der Waals surface area contributed by atoms with Crippen LogP contribution in [0.1, 0.15) is 30.0 Å². The van der Waals surface area contributed by atoms with Crippen LogP contribution in [0.5, 0.6) is 5.75 Å². The lowest BCUT2D eigenvalue weighted by atomic mass is 10.1. The summed E-state index contributed by atoms with van der Waals surface area (Å²) in [7, 11) is 0. The minimum Gasteiger partial charge on any atom is -0.489 e. The maximum absolute atomic E-state index is 5.81. The molecule has 0 saturated heterocycles. The summed E-state index contributed by atoms with van der Waals surface area (Å²) in [6.45, 7) is 3.31. The van der Waals surface area contributed by atoms with Crippen molar-refractivity contribution in [3.8, 4) is 5.75 Å². The molecule has 0 aliphatic heterocycles. The zero-order chi connectivity index (χ0) is 13.5. The fourth-order valence-corrected chi connectivity index (χ4v) is 2.10. The fourth-order valence-electron chi connectivity index (χ4n) is 2.10. The molecule has 0 bridgehead atoms. The first-order valence-electron chi connectivity index (χ1n) is 6.82. The minimum atomic E-state index is 0.551. The number of rotatable bonds is 6. The molecule has 0 atom stereocenters. The molecule has 2 rings (SSSR count). The third kappa shape index (κ3) is 3.83. The summed E-state index contributed by atoms with van der Waals surface area (Å²) in [5.41, 5.74) is 9.37. The van der Waals surface area contributed by atoms with Gasteiger partial charge in [0.2, 0.25) is 0 Å². The van der Waals surface area contributed by atoms with Crippen LogP contribution in [0.15, 0.2) is 48.5 Å². The van der Waals surface area contributed by atoms with Crippen LogP contribution in [0, 0.1) is 0 Å². The van der Waals surface area contributed by atoms with Crippen molar-refractivity contribution >= 4 is 0 Å². The summed E-state index contributed by atoms with van der Waals surface area (Å²) in [6.07, 6.45) is 2.29. The van der Waals surface area contributed by atoms with Gasteiger partial charge in [0.05, 0.1) is 0 Å². The van der Waals surface area contributed by atoms with Gasteiger partial charge in [-0.15, -0.1) is 0 Å². The van der Waals surface area contributed by atoms with Crippen molar-refractivity contribution < 1.29 is 4.74 Å². The number of ether oxygens (including phenoxy) is 1. The number of nitrogens with two attached hydrogens (primary N) is 1. The van der Waals surface area contributed by atoms with Crippen LogP contribution in [0.4, 0.5) is 0 Å². The van der Waals surface area contributed by atoms with E-state index in [1.165, 1.54) is 12.0 Å². The average molecular weight is 255 g/mol. The van der Waals surface area contributed by atoms with E-state index in [0.29, 0.717) is 13.2 Å². The van der Waals surface area contributed by atoms with E-state index in [1.54, 1.807) is 0 Å². The highest BCUT2D eigenvalue weighted by atomic mass is 16.5. The molecule has 100 valence electrons. The second-order valence-corrected chi connectivity index (χ2v) is 4.66. The smallest absolute Gasteiger partial charge is 0.119 e. The van der Waals surface area contributed by atoms with Gasteiger partial charge in [0.15, 0.2) is 0 Å². The van der Waals surface area contributed by atoms with E-state index in [4.69, 9.17) is 10.5 Å². The Labute approximate surface area is 115 Å². The Morgan fingerprint density at radius 3 is 2.26 bits per heavy atom. The van der Waals surface area contributed by atoms with E-state index in [0.717, 1.165) is 23.3 Å². The molecule has 0 heterocycles. The van der Waals surface area contributed by atoms with Crippen LogP contribution in [-0.2, 0) is 19.6 Å². The number of aryl methyl sites for hydroxylation is 1. The van der Waals surface area contributed by atoms with Crippen LogP contribution in [0.3, 0.4) is 0 Å². The predicted octanol–water partition coefficient (Wildman–Crippen LogP) is 3.68. The van der Waals surface area contributed by atoms with Crippen molar-refractivity contribution in [2.24, 2.45) is 5.73 Å². The highest BCUT2D eigenvalue weighted by Crippen LogP contribution is 2.16. The maximum Gasteiger partial charge on any atom is 0.119 e. The zero-order valence-corrected chi connectivity index (χ0v) is 11.4. The van der Waals surface area contributed by atoms with Crippen molar-refractivity contribution in [3.63, 3.8) is 0 Å². The molecule has 0 saturated carbocycles. The summed E-state index contributed by atoms with van der Waals surface area (Å²) in [6, 6.07) is 16.5. The van der Waals surface area contributed by atoms with Gasteiger partial charge in [-0.1, -0.05) is 49.7 Å². The number of benzene rings is 2. The Kier molecular flexibility index (Phi) is 4.99. The van der Waals surface area contributed by atoms with E-state index in [1.807, 2.05) is 30.3 Å². The van der Waals surface area contributed by atoms with Crippen molar-refractivity contribution in [1.82, 2.24) is 0 Å². The van der Waals surface area contributed by atoms with Gasteiger partial charge in [0.1, 0.15) is 12.4 Å². The van der Waals surface area contributed by atoms with Crippen LogP contribution in [-0.4, -0.2) is 0 Å². The minimum absolute atomic E-state index is 0.551. The quantitative estimate of drug-likeness (QED) is 0.854. The molecule has 2 heteroatoms. The maximum atomic E-state index is 5.81. The highest BCUT2D eigenvalue weighted by Gasteiger charge is 2.01. The molecule has 2 nitrogen and oxygen atoms in total. The molecule has 0 amide bonds. The molecule has 0 aromatic heterocycles. The monoisotopic (exact) mass is 255 g/mol. The number of hydrogen-bond acceptors (Lipinski definition) is 2. The molecule has 0 unspecified atom stereocenters. The molecule has 0 spiro atoms. The van der Waals surface area contributed by atoms with Crippen molar-refractivity contribution in [2.75, 3.05) is 0 Å². The normalized spacial score (nSPS) is 10.4. The van der Waals surface area contributed by atoms with E-state index in [9.17, 15) is 0 Å². The van der Waals surface area contributed by atoms with E-state index >= 15 is 0 Å². The van der Waals surface area contributed by atoms with E-state index < -0.39 is 0 Å². The first kappa shape index (κ1) is 13.6. The molecule has 2 N–H and O–H groups in total. The Hall–Kier alpha value is -1.80. The van der Waals surface area contributed by atoms with Crippen LogP contribution in [0.25, 0.3) is 0 Å². The average Bonchev–Trinajstić information content (AvgIpc) is 2.47. The molecule has 0 aliphatic rings. The van der Waals surface area contributed by atoms with Gasteiger partial charge in [-0.05, 0) is 35.2 Å². The third-order valence-corrected chi connectivity index (χ3v) is 3.19. The Bertz CT molecular complexity index is 505.